The van der Waals surface area contributed by atoms with Gasteiger partial charge in [-0.15, -0.1) is 0 Å². The van der Waals surface area contributed by atoms with Crippen molar-refractivity contribution in [2.75, 3.05) is 13.2 Å². The Morgan fingerprint density at radius 2 is 1.92 bits per heavy atom. The summed E-state index contributed by atoms with van der Waals surface area (Å²) in [6.45, 7) is 4.29. The number of ketones is 1. The van der Waals surface area contributed by atoms with Crippen molar-refractivity contribution in [1.82, 2.24) is 4.98 Å². The minimum absolute atomic E-state index is 0.00791. The molecule has 4 rings (SSSR count). The molecule has 8 heteroatoms. The molecule has 36 heavy (non-hydrogen) atoms. The summed E-state index contributed by atoms with van der Waals surface area (Å²) >= 11 is 5.93. The van der Waals surface area contributed by atoms with Gasteiger partial charge in [0.1, 0.15) is 0 Å². The number of carbonyl (C=O) groups excluding carboxylic acids is 2. The minimum atomic E-state index is -0.470. The molecule has 0 saturated heterocycles. The van der Waals surface area contributed by atoms with Crippen LogP contribution >= 0.6 is 11.6 Å². The van der Waals surface area contributed by atoms with Crippen LogP contribution in [-0.2, 0) is 9.63 Å². The van der Waals surface area contributed by atoms with Crippen molar-refractivity contribution in [3.05, 3.63) is 47.1 Å². The zero-order chi connectivity index (χ0) is 25.9. The number of aromatic nitrogens is 1. The number of nitrogens with two attached hydrogens (primary N) is 1. The fraction of sp³-hybridized carbons (Fsp3) is 0.500. The molecule has 1 heterocycles. The first-order chi connectivity index (χ1) is 17.4. The van der Waals surface area contributed by atoms with Gasteiger partial charge in [-0.25, -0.2) is 4.98 Å². The van der Waals surface area contributed by atoms with E-state index in [1.807, 2.05) is 30.3 Å². The molecule has 7 nitrogen and oxygen atoms in total. The number of carbonyl (C=O) groups is 2. The summed E-state index contributed by atoms with van der Waals surface area (Å²) < 4.78 is 5.83. The van der Waals surface area contributed by atoms with Crippen LogP contribution < -0.4 is 10.5 Å². The molecule has 0 spiro atoms. The van der Waals surface area contributed by atoms with Crippen molar-refractivity contribution in [1.29, 1.82) is 0 Å². The number of primary amides is 1. The lowest BCUT2D eigenvalue weighted by Crippen LogP contribution is -2.21. The van der Waals surface area contributed by atoms with Crippen LogP contribution in [0.5, 0.6) is 5.88 Å². The highest BCUT2D eigenvalue weighted by Gasteiger charge is 2.23. The van der Waals surface area contributed by atoms with Crippen molar-refractivity contribution in [3.8, 4) is 17.0 Å². The zero-order valence-electron chi connectivity index (χ0n) is 21.2. The van der Waals surface area contributed by atoms with Crippen LogP contribution in [0.15, 0.2) is 41.7 Å². The van der Waals surface area contributed by atoms with Crippen molar-refractivity contribution < 1.29 is 19.2 Å². The van der Waals surface area contributed by atoms with Gasteiger partial charge in [0.2, 0.25) is 5.88 Å². The third-order valence-electron chi connectivity index (χ3n) is 6.30. The van der Waals surface area contributed by atoms with Gasteiger partial charge in [-0.2, -0.15) is 0 Å². The summed E-state index contributed by atoms with van der Waals surface area (Å²) in [4.78, 5) is 31.3. The lowest BCUT2D eigenvalue weighted by Gasteiger charge is -2.22. The molecule has 2 aliphatic carbocycles. The topological polar surface area (TPSA) is 104 Å². The summed E-state index contributed by atoms with van der Waals surface area (Å²) in [6.07, 6.45) is 11.0. The van der Waals surface area contributed by atoms with E-state index in [9.17, 15) is 9.59 Å². The van der Waals surface area contributed by atoms with Gasteiger partial charge in [0, 0.05) is 28.3 Å². The summed E-state index contributed by atoms with van der Waals surface area (Å²) in [5, 5.41) is 4.72. The van der Waals surface area contributed by atoms with Crippen LogP contribution in [0.25, 0.3) is 11.1 Å². The molecule has 2 aliphatic rings. The van der Waals surface area contributed by atoms with Crippen molar-refractivity contribution in [2.24, 2.45) is 22.7 Å². The number of benzene rings is 1. The molecule has 194 valence electrons. The Labute approximate surface area is 218 Å². The van der Waals surface area contributed by atoms with Gasteiger partial charge >= 0.3 is 0 Å². The van der Waals surface area contributed by atoms with Gasteiger partial charge in [-0.1, -0.05) is 48.7 Å². The molecule has 1 aromatic carbocycles. The van der Waals surface area contributed by atoms with E-state index in [0.29, 0.717) is 34.9 Å². The van der Waals surface area contributed by atoms with Crippen LogP contribution in [0.2, 0.25) is 5.02 Å². The molecule has 1 amide bonds. The molecule has 0 bridgehead atoms. The smallest absolute Gasteiger partial charge is 0.258 e. The number of halogens is 1. The highest BCUT2D eigenvalue weighted by Crippen LogP contribution is 2.33. The van der Waals surface area contributed by atoms with E-state index in [2.05, 4.69) is 17.1 Å². The Hall–Kier alpha value is -2.93. The van der Waals surface area contributed by atoms with E-state index in [0.717, 1.165) is 23.3 Å². The van der Waals surface area contributed by atoms with Gasteiger partial charge in [-0.05, 0) is 75.1 Å². The highest BCUT2D eigenvalue weighted by atomic mass is 35.5. The second kappa shape index (κ2) is 14.0. The molecule has 2 aromatic rings. The fourth-order valence-corrected chi connectivity index (χ4v) is 4.23. The zero-order valence-corrected chi connectivity index (χ0v) is 21.9. The molecule has 2 fully saturated rings. The predicted octanol–water partition coefficient (Wildman–Crippen LogP) is 6.23. The van der Waals surface area contributed by atoms with E-state index in [1.165, 1.54) is 51.9 Å². The molecule has 1 aromatic heterocycles. The summed E-state index contributed by atoms with van der Waals surface area (Å²) in [5.41, 5.74) is 8.44. The fourth-order valence-electron chi connectivity index (χ4n) is 4.10. The predicted molar refractivity (Wildman–Crippen MR) is 142 cm³/mol. The largest absolute Gasteiger partial charge is 0.477 e. The molecule has 0 aliphatic heterocycles. The second-order valence-electron chi connectivity index (χ2n) is 9.45. The molecule has 2 N–H and O–H groups in total. The number of ether oxygens (including phenoxy) is 1. The summed E-state index contributed by atoms with van der Waals surface area (Å²) in [5.74, 6) is 1.30. The van der Waals surface area contributed by atoms with Gasteiger partial charge < -0.3 is 15.3 Å². The minimum Gasteiger partial charge on any atom is -0.477 e. The number of nitrogens with zero attached hydrogens (tertiary/aromatic N) is 2. The third kappa shape index (κ3) is 8.94. The van der Waals surface area contributed by atoms with Crippen molar-refractivity contribution in [2.45, 2.75) is 65.2 Å². The Balaban J connectivity index is 0.000000214. The average molecular weight is 514 g/mol. The number of rotatable bonds is 10. The number of oxime groups is 1. The summed E-state index contributed by atoms with van der Waals surface area (Å²) in [7, 11) is 0. The van der Waals surface area contributed by atoms with Crippen LogP contribution in [0.4, 0.5) is 0 Å². The van der Waals surface area contributed by atoms with Crippen molar-refractivity contribution in [3.63, 3.8) is 0 Å². The monoisotopic (exact) mass is 513 g/mol. The molecule has 0 radical (unpaired) electrons. The average Bonchev–Trinajstić information content (AvgIpc) is 3.69. The molecule has 0 unspecified atom stereocenters. The van der Waals surface area contributed by atoms with Crippen LogP contribution in [0.3, 0.4) is 0 Å². The van der Waals surface area contributed by atoms with Gasteiger partial charge in [0.05, 0.1) is 12.3 Å². The van der Waals surface area contributed by atoms with E-state index >= 15 is 0 Å². The normalized spacial score (nSPS) is 18.2. The molecular formula is C28H36ClN3O4. The number of pyridine rings is 1. The first kappa shape index (κ1) is 27.7. The number of Topliss-reactive ketones (excluding diaryl/α,β-unsaturated/α-hetero) is 1. The van der Waals surface area contributed by atoms with E-state index in [1.54, 1.807) is 6.20 Å². The Kier molecular flexibility index (Phi) is 10.7. The number of hydrogen-bond donors (Lipinski definition) is 1. The van der Waals surface area contributed by atoms with Crippen LogP contribution in [0, 0.1) is 11.8 Å². The standard InChI is InChI=1S/C17H16ClNO2.C11H20N2O2/c1-11(20)14-8-16(13-4-6-15(18)7-5-13)17(19-9-14)21-10-12-2-3-12;1-2-5-9-6-3-4-7-10(9)13-15-8-11(12)14/h4-9,12H,2-3,10H2,1H3;9H,2-8H2,1H3,(H2,12,14)/b;13-10+/t;9-/m.0/s1. The van der Waals surface area contributed by atoms with E-state index < -0.39 is 5.91 Å². The van der Waals surface area contributed by atoms with Gasteiger partial charge in [0.15, 0.2) is 12.4 Å². The molecule has 2 saturated carbocycles. The Morgan fingerprint density at radius 3 is 2.56 bits per heavy atom. The lowest BCUT2D eigenvalue weighted by atomic mass is 9.84. The number of hydrogen-bond acceptors (Lipinski definition) is 6. The van der Waals surface area contributed by atoms with Gasteiger partial charge in [-0.3, -0.25) is 9.59 Å². The summed E-state index contributed by atoms with van der Waals surface area (Å²) in [6, 6.07) is 9.30. The maximum Gasteiger partial charge on any atom is 0.258 e. The molecule has 1 atom stereocenters. The number of amides is 1. The first-order valence-electron chi connectivity index (χ1n) is 12.7. The first-order valence-corrected chi connectivity index (χ1v) is 13.1. The van der Waals surface area contributed by atoms with Crippen molar-refractivity contribution >= 4 is 29.0 Å². The van der Waals surface area contributed by atoms with Crippen LogP contribution in [-0.4, -0.2) is 35.6 Å². The second-order valence-corrected chi connectivity index (χ2v) is 9.88. The maximum absolute atomic E-state index is 11.6. The third-order valence-corrected chi connectivity index (χ3v) is 6.55. The van der Waals surface area contributed by atoms with E-state index in [4.69, 9.17) is 26.9 Å². The molecular weight excluding hydrogens is 478 g/mol. The Morgan fingerprint density at radius 1 is 1.17 bits per heavy atom. The van der Waals surface area contributed by atoms with Crippen LogP contribution in [0.1, 0.15) is 75.6 Å². The lowest BCUT2D eigenvalue weighted by molar-refractivity contribution is -0.122. The quantitative estimate of drug-likeness (QED) is 0.299. The highest BCUT2D eigenvalue weighted by molar-refractivity contribution is 6.30. The Bertz CT molecular complexity index is 1050. The van der Waals surface area contributed by atoms with Gasteiger partial charge in [0.25, 0.3) is 5.91 Å². The SMILES string of the molecule is CC(=O)c1cnc(OCC2CC2)c(-c2ccc(Cl)cc2)c1.CCC[C@H]1CCCC/C1=N\OCC(N)=O. The van der Waals surface area contributed by atoms with E-state index in [-0.39, 0.29) is 12.4 Å². The maximum atomic E-state index is 11.6.